The zero-order chi connectivity index (χ0) is 16.0. The van der Waals surface area contributed by atoms with E-state index in [0.717, 1.165) is 19.5 Å². The van der Waals surface area contributed by atoms with E-state index in [-0.39, 0.29) is 5.92 Å². The number of hydrogen-bond acceptors (Lipinski definition) is 2. The van der Waals surface area contributed by atoms with Gasteiger partial charge in [-0.1, -0.05) is 12.1 Å². The summed E-state index contributed by atoms with van der Waals surface area (Å²) in [5.74, 6) is 0.967. The fourth-order valence-corrected chi connectivity index (χ4v) is 5.36. The van der Waals surface area contributed by atoms with E-state index in [9.17, 15) is 4.79 Å². The number of benzene rings is 1. The molecule has 3 heterocycles. The molecule has 2 bridgehead atoms. The summed E-state index contributed by atoms with van der Waals surface area (Å²) in [4.78, 5) is 17.9. The summed E-state index contributed by atoms with van der Waals surface area (Å²) in [5.41, 5.74) is 1.37. The molecule has 1 amide bonds. The van der Waals surface area contributed by atoms with Crippen molar-refractivity contribution < 1.29 is 4.79 Å². The third kappa shape index (κ3) is 2.82. The van der Waals surface area contributed by atoms with Crippen molar-refractivity contribution in [3.05, 3.63) is 33.4 Å². The van der Waals surface area contributed by atoms with E-state index in [2.05, 4.69) is 63.7 Å². The molecule has 23 heavy (non-hydrogen) atoms. The first-order chi connectivity index (χ1) is 11.1. The molecule has 1 aromatic rings. The molecule has 0 radical (unpaired) electrons. The number of piperidine rings is 1. The quantitative estimate of drug-likeness (QED) is 0.679. The first-order valence-electron chi connectivity index (χ1n) is 8.91. The van der Waals surface area contributed by atoms with E-state index in [1.54, 1.807) is 0 Å². The van der Waals surface area contributed by atoms with Gasteiger partial charge in [0.2, 0.25) is 5.91 Å². The zero-order valence-corrected chi connectivity index (χ0v) is 15.9. The molecule has 0 N–H and O–H groups in total. The lowest BCUT2D eigenvalue weighted by Gasteiger charge is -2.43. The summed E-state index contributed by atoms with van der Waals surface area (Å²) in [5, 5.41) is 0. The topological polar surface area (TPSA) is 23.6 Å². The van der Waals surface area contributed by atoms with Crippen LogP contribution in [0.2, 0.25) is 0 Å². The van der Waals surface area contributed by atoms with Gasteiger partial charge in [0.1, 0.15) is 0 Å². The lowest BCUT2D eigenvalue weighted by Crippen LogP contribution is -2.52. The molecule has 0 aliphatic carbocycles. The summed E-state index contributed by atoms with van der Waals surface area (Å²) in [6.07, 6.45) is 5.93. The van der Waals surface area contributed by atoms with Crippen molar-refractivity contribution in [1.29, 1.82) is 0 Å². The van der Waals surface area contributed by atoms with Crippen molar-refractivity contribution in [1.82, 2.24) is 9.80 Å². The second-order valence-corrected chi connectivity index (χ2v) is 8.66. The molecule has 4 atom stereocenters. The molecular formula is C19H25IN2O. The van der Waals surface area contributed by atoms with Crippen LogP contribution in [0.3, 0.4) is 0 Å². The number of hydrogen-bond donors (Lipinski definition) is 0. The Bertz CT molecular complexity index is 582. The minimum absolute atomic E-state index is 0.150. The van der Waals surface area contributed by atoms with Crippen molar-refractivity contribution in [3.8, 4) is 0 Å². The molecule has 0 aromatic heterocycles. The second-order valence-electron chi connectivity index (χ2n) is 7.42. The highest BCUT2D eigenvalue weighted by Gasteiger charge is 2.50. The standard InChI is InChI=1S/C19H25IN2O/c1-21-15-8-9-17(21)18(19(23)22-10-2-3-11-22)16(12-15)13-4-6-14(20)7-5-13/h4-7,15-18H,2-3,8-12H2,1H3/t15-,16-,17?,18?/m1/s1. The predicted molar refractivity (Wildman–Crippen MR) is 100 cm³/mol. The van der Waals surface area contributed by atoms with E-state index < -0.39 is 0 Å². The molecule has 3 aliphatic rings. The lowest BCUT2D eigenvalue weighted by molar-refractivity contribution is -0.139. The van der Waals surface area contributed by atoms with Crippen LogP contribution in [0.1, 0.15) is 43.6 Å². The molecular weight excluding hydrogens is 399 g/mol. The van der Waals surface area contributed by atoms with Gasteiger partial charge in [-0.3, -0.25) is 9.69 Å². The number of amides is 1. The first-order valence-corrected chi connectivity index (χ1v) is 9.99. The summed E-state index contributed by atoms with van der Waals surface area (Å²) < 4.78 is 1.27. The van der Waals surface area contributed by atoms with E-state index in [1.807, 2.05) is 0 Å². The van der Waals surface area contributed by atoms with Gasteiger partial charge in [0.05, 0.1) is 5.92 Å². The minimum Gasteiger partial charge on any atom is -0.342 e. The summed E-state index contributed by atoms with van der Waals surface area (Å²) >= 11 is 2.36. The molecule has 0 spiro atoms. The maximum atomic E-state index is 13.3. The van der Waals surface area contributed by atoms with Gasteiger partial charge in [0.15, 0.2) is 0 Å². The first kappa shape index (κ1) is 15.9. The van der Waals surface area contributed by atoms with Gasteiger partial charge >= 0.3 is 0 Å². The van der Waals surface area contributed by atoms with Crippen LogP contribution in [0.25, 0.3) is 0 Å². The molecule has 124 valence electrons. The summed E-state index contributed by atoms with van der Waals surface area (Å²) in [6, 6.07) is 9.97. The van der Waals surface area contributed by atoms with Crippen molar-refractivity contribution in [3.63, 3.8) is 0 Å². The predicted octanol–water partition coefficient (Wildman–Crippen LogP) is 3.48. The van der Waals surface area contributed by atoms with Gasteiger partial charge < -0.3 is 4.90 Å². The molecule has 1 aromatic carbocycles. The highest BCUT2D eigenvalue weighted by atomic mass is 127. The minimum atomic E-state index is 0.150. The van der Waals surface area contributed by atoms with Crippen molar-refractivity contribution in [2.75, 3.05) is 20.1 Å². The fraction of sp³-hybridized carbons (Fsp3) is 0.632. The number of nitrogens with zero attached hydrogens (tertiary/aromatic N) is 2. The Hall–Kier alpha value is -0.620. The Kier molecular flexibility index (Phi) is 4.39. The van der Waals surface area contributed by atoms with Crippen molar-refractivity contribution >= 4 is 28.5 Å². The normalized spacial score (nSPS) is 34.1. The SMILES string of the molecule is CN1C2CC[C@@H]1C[C@H](c1ccc(I)cc1)C2C(=O)N1CCCC1. The smallest absolute Gasteiger partial charge is 0.227 e. The molecule has 3 saturated heterocycles. The van der Waals surface area contributed by atoms with Crippen LogP contribution in [-0.2, 0) is 4.79 Å². The van der Waals surface area contributed by atoms with Gasteiger partial charge in [-0.05, 0) is 85.4 Å². The van der Waals surface area contributed by atoms with Gasteiger partial charge in [-0.25, -0.2) is 0 Å². The Balaban J connectivity index is 1.67. The van der Waals surface area contributed by atoms with Crippen LogP contribution in [0.5, 0.6) is 0 Å². The Morgan fingerprint density at radius 1 is 1.13 bits per heavy atom. The summed E-state index contributed by atoms with van der Waals surface area (Å²) in [6.45, 7) is 1.93. The third-order valence-corrected chi connectivity index (χ3v) is 6.99. The number of likely N-dealkylation sites (tertiary alicyclic amines) is 1. The average Bonchev–Trinajstić information content (AvgIpc) is 3.15. The van der Waals surface area contributed by atoms with E-state index >= 15 is 0 Å². The molecule has 0 saturated carbocycles. The third-order valence-electron chi connectivity index (χ3n) is 6.27. The Labute approximate surface area is 152 Å². The zero-order valence-electron chi connectivity index (χ0n) is 13.7. The number of fused-ring (bicyclic) bond motifs is 2. The van der Waals surface area contributed by atoms with Crippen LogP contribution < -0.4 is 0 Å². The number of carbonyl (C=O) groups is 1. The maximum absolute atomic E-state index is 13.3. The molecule has 4 heteroatoms. The van der Waals surface area contributed by atoms with Gasteiger partial charge in [-0.2, -0.15) is 0 Å². The summed E-state index contributed by atoms with van der Waals surface area (Å²) in [7, 11) is 2.23. The van der Waals surface area contributed by atoms with E-state index in [0.29, 0.717) is 23.9 Å². The maximum Gasteiger partial charge on any atom is 0.227 e. The van der Waals surface area contributed by atoms with Gasteiger partial charge in [0.25, 0.3) is 0 Å². The number of rotatable bonds is 2. The highest BCUT2D eigenvalue weighted by Crippen LogP contribution is 2.47. The lowest BCUT2D eigenvalue weighted by atomic mass is 9.75. The largest absolute Gasteiger partial charge is 0.342 e. The second kappa shape index (κ2) is 6.36. The van der Waals surface area contributed by atoms with E-state index in [1.165, 1.54) is 34.8 Å². The molecule has 3 aliphatic heterocycles. The van der Waals surface area contributed by atoms with Crippen LogP contribution in [0.4, 0.5) is 0 Å². The fourth-order valence-electron chi connectivity index (χ4n) is 5.00. The van der Waals surface area contributed by atoms with Crippen molar-refractivity contribution in [2.45, 2.75) is 50.1 Å². The molecule has 3 fully saturated rings. The van der Waals surface area contributed by atoms with Crippen LogP contribution >= 0.6 is 22.6 Å². The monoisotopic (exact) mass is 424 g/mol. The van der Waals surface area contributed by atoms with Gasteiger partial charge in [-0.15, -0.1) is 0 Å². The number of carbonyl (C=O) groups excluding carboxylic acids is 1. The van der Waals surface area contributed by atoms with Gasteiger partial charge in [0, 0.05) is 28.7 Å². The van der Waals surface area contributed by atoms with Crippen LogP contribution in [0.15, 0.2) is 24.3 Å². The Morgan fingerprint density at radius 3 is 2.52 bits per heavy atom. The average molecular weight is 424 g/mol. The molecule has 4 rings (SSSR count). The Morgan fingerprint density at radius 2 is 1.83 bits per heavy atom. The van der Waals surface area contributed by atoms with Crippen LogP contribution in [0, 0.1) is 9.49 Å². The van der Waals surface area contributed by atoms with Crippen LogP contribution in [-0.4, -0.2) is 47.9 Å². The number of halogens is 1. The highest BCUT2D eigenvalue weighted by molar-refractivity contribution is 14.1. The van der Waals surface area contributed by atoms with Crippen molar-refractivity contribution in [2.24, 2.45) is 5.92 Å². The molecule has 2 unspecified atom stereocenters. The molecule has 3 nitrogen and oxygen atoms in total. The van der Waals surface area contributed by atoms with E-state index in [4.69, 9.17) is 0 Å².